The number of carbonyl (C=O) groups excluding carboxylic acids is 2. The van der Waals surface area contributed by atoms with Gasteiger partial charge in [0.2, 0.25) is 5.78 Å². The maximum Gasteiger partial charge on any atom is 0.411 e. The Morgan fingerprint density at radius 2 is 1.65 bits per heavy atom. The average Bonchev–Trinajstić information content (AvgIpc) is 2.44. The first-order chi connectivity index (χ1) is 10.5. The van der Waals surface area contributed by atoms with Crippen LogP contribution in [-0.2, 0) is 14.9 Å². The lowest BCUT2D eigenvalue weighted by Gasteiger charge is -2.18. The van der Waals surface area contributed by atoms with Crippen molar-refractivity contribution in [3.05, 3.63) is 35.4 Å². The normalized spacial score (nSPS) is 12.1. The number of nitrogens with one attached hydrogen (secondary N) is 1. The minimum Gasteiger partial charge on any atom is -0.370 e. The largest absolute Gasteiger partial charge is 0.411 e. The fourth-order valence-electron chi connectivity index (χ4n) is 1.76. The van der Waals surface area contributed by atoms with Crippen LogP contribution in [0, 0.1) is 0 Å². The molecule has 1 N–H and O–H groups in total. The Bertz CT molecular complexity index is 545. The average molecular weight is 331 g/mol. The number of halogens is 3. The molecule has 0 fully saturated rings. The fraction of sp³-hybridized carbons (Fsp3) is 0.500. The van der Waals surface area contributed by atoms with E-state index in [9.17, 15) is 22.8 Å². The van der Waals surface area contributed by atoms with E-state index in [-0.39, 0.29) is 24.1 Å². The van der Waals surface area contributed by atoms with E-state index in [0.717, 1.165) is 5.56 Å². The summed E-state index contributed by atoms with van der Waals surface area (Å²) >= 11 is 0. The van der Waals surface area contributed by atoms with E-state index in [1.807, 2.05) is 20.8 Å². The molecule has 0 unspecified atom stereocenters. The van der Waals surface area contributed by atoms with Gasteiger partial charge < -0.3 is 10.1 Å². The van der Waals surface area contributed by atoms with Crippen LogP contribution in [0.25, 0.3) is 0 Å². The number of carbonyl (C=O) groups is 2. The second-order valence-corrected chi connectivity index (χ2v) is 6.08. The summed E-state index contributed by atoms with van der Waals surface area (Å²) in [5.74, 6) is -1.61. The van der Waals surface area contributed by atoms with Crippen LogP contribution < -0.4 is 5.32 Å². The Morgan fingerprint density at radius 1 is 1.09 bits per heavy atom. The first-order valence-electron chi connectivity index (χ1n) is 7.08. The molecule has 7 heteroatoms. The highest BCUT2D eigenvalue weighted by Gasteiger charge is 2.27. The number of alkyl halides is 3. The van der Waals surface area contributed by atoms with Gasteiger partial charge >= 0.3 is 6.18 Å². The lowest BCUT2D eigenvalue weighted by molar-refractivity contribution is -0.173. The summed E-state index contributed by atoms with van der Waals surface area (Å²) in [6.07, 6.45) is -4.41. The Kier molecular flexibility index (Phi) is 6.32. The zero-order chi connectivity index (χ0) is 17.7. The summed E-state index contributed by atoms with van der Waals surface area (Å²) in [5.41, 5.74) is 1.18. The van der Waals surface area contributed by atoms with Crippen molar-refractivity contribution in [2.24, 2.45) is 0 Å². The van der Waals surface area contributed by atoms with E-state index >= 15 is 0 Å². The number of hydrogen-bond acceptors (Lipinski definition) is 3. The molecule has 0 aliphatic carbocycles. The molecule has 0 saturated heterocycles. The molecule has 1 aromatic rings. The standard InChI is InChI=1S/C16H20F3NO3/c1-15(2,3)12-6-4-11(5-7-12)13(21)14(22)20-8-9-23-10-16(17,18)19/h4-7H,8-10H2,1-3H3,(H,20,22). The summed E-state index contributed by atoms with van der Waals surface area (Å²) in [7, 11) is 0. The highest BCUT2D eigenvalue weighted by atomic mass is 19.4. The summed E-state index contributed by atoms with van der Waals surface area (Å²) in [5, 5.41) is 2.23. The van der Waals surface area contributed by atoms with Gasteiger partial charge in [-0.3, -0.25) is 9.59 Å². The zero-order valence-corrected chi connectivity index (χ0v) is 13.3. The molecule has 1 rings (SSSR count). The Balaban J connectivity index is 2.46. The van der Waals surface area contributed by atoms with E-state index in [1.165, 1.54) is 0 Å². The lowest BCUT2D eigenvalue weighted by Crippen LogP contribution is -2.34. The van der Waals surface area contributed by atoms with E-state index in [0.29, 0.717) is 0 Å². The third-order valence-corrected chi connectivity index (χ3v) is 3.02. The van der Waals surface area contributed by atoms with Crippen molar-refractivity contribution < 1.29 is 27.5 Å². The second kappa shape index (κ2) is 7.59. The summed E-state index contributed by atoms with van der Waals surface area (Å²) in [6, 6.07) is 6.66. The van der Waals surface area contributed by atoms with Crippen molar-refractivity contribution in [3.63, 3.8) is 0 Å². The van der Waals surface area contributed by atoms with Gasteiger partial charge in [-0.1, -0.05) is 45.0 Å². The summed E-state index contributed by atoms with van der Waals surface area (Å²) < 4.78 is 39.9. The van der Waals surface area contributed by atoms with E-state index in [4.69, 9.17) is 0 Å². The van der Waals surface area contributed by atoms with Gasteiger partial charge in [0.25, 0.3) is 5.91 Å². The molecule has 0 aromatic heterocycles. The molecule has 0 spiro atoms. The van der Waals surface area contributed by atoms with Crippen LogP contribution in [0.15, 0.2) is 24.3 Å². The number of hydrogen-bond donors (Lipinski definition) is 1. The van der Waals surface area contributed by atoms with Gasteiger partial charge in [-0.2, -0.15) is 13.2 Å². The van der Waals surface area contributed by atoms with Crippen molar-refractivity contribution in [2.45, 2.75) is 32.4 Å². The van der Waals surface area contributed by atoms with Crippen LogP contribution in [0.5, 0.6) is 0 Å². The molecule has 1 aromatic carbocycles. The van der Waals surface area contributed by atoms with Crippen LogP contribution >= 0.6 is 0 Å². The second-order valence-electron chi connectivity index (χ2n) is 6.08. The van der Waals surface area contributed by atoms with Gasteiger partial charge in [-0.05, 0) is 11.0 Å². The van der Waals surface area contributed by atoms with E-state index in [1.54, 1.807) is 24.3 Å². The Morgan fingerprint density at radius 3 is 2.13 bits per heavy atom. The predicted molar refractivity (Wildman–Crippen MR) is 79.4 cm³/mol. The van der Waals surface area contributed by atoms with Gasteiger partial charge in [0, 0.05) is 12.1 Å². The highest BCUT2D eigenvalue weighted by Crippen LogP contribution is 2.22. The first-order valence-corrected chi connectivity index (χ1v) is 7.08. The molecule has 4 nitrogen and oxygen atoms in total. The molecule has 0 heterocycles. The fourth-order valence-corrected chi connectivity index (χ4v) is 1.76. The smallest absolute Gasteiger partial charge is 0.370 e. The minimum absolute atomic E-state index is 0.0698. The highest BCUT2D eigenvalue weighted by molar-refractivity contribution is 6.42. The van der Waals surface area contributed by atoms with Crippen molar-refractivity contribution >= 4 is 11.7 Å². The number of rotatable bonds is 6. The number of Topliss-reactive ketones (excluding diaryl/α,β-unsaturated/α-hetero) is 1. The molecular formula is C16H20F3NO3. The Hall–Kier alpha value is -1.89. The van der Waals surface area contributed by atoms with Crippen molar-refractivity contribution in [3.8, 4) is 0 Å². The van der Waals surface area contributed by atoms with Gasteiger partial charge in [-0.25, -0.2) is 0 Å². The van der Waals surface area contributed by atoms with Gasteiger partial charge in [0.15, 0.2) is 0 Å². The van der Waals surface area contributed by atoms with Crippen molar-refractivity contribution in [2.75, 3.05) is 19.8 Å². The molecule has 1 amide bonds. The summed E-state index contributed by atoms with van der Waals surface area (Å²) in [6.45, 7) is 4.21. The van der Waals surface area contributed by atoms with Crippen molar-refractivity contribution in [1.82, 2.24) is 5.32 Å². The van der Waals surface area contributed by atoms with Crippen LogP contribution in [-0.4, -0.2) is 37.6 Å². The molecule has 0 radical (unpaired) electrons. The van der Waals surface area contributed by atoms with E-state index in [2.05, 4.69) is 10.1 Å². The van der Waals surface area contributed by atoms with Gasteiger partial charge in [0.1, 0.15) is 6.61 Å². The van der Waals surface area contributed by atoms with Gasteiger partial charge in [0.05, 0.1) is 6.61 Å². The van der Waals surface area contributed by atoms with E-state index < -0.39 is 24.5 Å². The maximum atomic E-state index is 11.9. The van der Waals surface area contributed by atoms with Crippen molar-refractivity contribution in [1.29, 1.82) is 0 Å². The number of ether oxygens (including phenoxy) is 1. The number of benzene rings is 1. The molecule has 23 heavy (non-hydrogen) atoms. The first kappa shape index (κ1) is 19.2. The SMILES string of the molecule is CC(C)(C)c1ccc(C(=O)C(=O)NCCOCC(F)(F)F)cc1. The molecule has 0 saturated carbocycles. The Labute approximate surface area is 133 Å². The molecule has 128 valence electrons. The predicted octanol–water partition coefficient (Wildman–Crippen LogP) is 2.86. The quantitative estimate of drug-likeness (QED) is 0.495. The van der Waals surface area contributed by atoms with Gasteiger partial charge in [-0.15, -0.1) is 0 Å². The molecule has 0 atom stereocenters. The summed E-state index contributed by atoms with van der Waals surface area (Å²) in [4.78, 5) is 23.5. The van der Waals surface area contributed by atoms with Crippen LogP contribution in [0.4, 0.5) is 13.2 Å². The molecule has 0 aliphatic rings. The topological polar surface area (TPSA) is 55.4 Å². The maximum absolute atomic E-state index is 11.9. The monoisotopic (exact) mass is 331 g/mol. The number of amides is 1. The van der Waals surface area contributed by atoms with Crippen LogP contribution in [0.1, 0.15) is 36.7 Å². The zero-order valence-electron chi connectivity index (χ0n) is 13.3. The molecule has 0 aliphatic heterocycles. The third-order valence-electron chi connectivity index (χ3n) is 3.02. The lowest BCUT2D eigenvalue weighted by atomic mass is 9.86. The molecule has 0 bridgehead atoms. The minimum atomic E-state index is -4.41. The van der Waals surface area contributed by atoms with Crippen LogP contribution in [0.3, 0.4) is 0 Å². The number of ketones is 1. The third kappa shape index (κ3) is 6.81. The molecular weight excluding hydrogens is 311 g/mol. The van der Waals surface area contributed by atoms with Crippen LogP contribution in [0.2, 0.25) is 0 Å².